The van der Waals surface area contributed by atoms with Crippen molar-refractivity contribution < 1.29 is 9.47 Å². The van der Waals surface area contributed by atoms with Gasteiger partial charge in [-0.3, -0.25) is 0 Å². The van der Waals surface area contributed by atoms with E-state index in [-0.39, 0.29) is 0 Å². The minimum atomic E-state index is 0.471. The second kappa shape index (κ2) is 8.97. The summed E-state index contributed by atoms with van der Waals surface area (Å²) in [6.45, 7) is 4.26. The molecule has 1 atom stereocenters. The van der Waals surface area contributed by atoms with Crippen molar-refractivity contribution in [2.45, 2.75) is 25.8 Å². The van der Waals surface area contributed by atoms with Crippen LogP contribution < -0.4 is 14.8 Å². The number of likely N-dealkylation sites (tertiary alicyclic amines) is 1. The lowest BCUT2D eigenvalue weighted by molar-refractivity contribution is 0.261. The summed E-state index contributed by atoms with van der Waals surface area (Å²) in [4.78, 5) is 6.88. The number of anilines is 1. The number of hydrogen-bond donors (Lipinski definition) is 1. The monoisotopic (exact) mass is 389 g/mol. The molecule has 1 aliphatic heterocycles. The topological polar surface area (TPSA) is 46.6 Å². The van der Waals surface area contributed by atoms with Gasteiger partial charge in [-0.25, -0.2) is 4.98 Å². The molecule has 150 valence electrons. The van der Waals surface area contributed by atoms with Crippen molar-refractivity contribution in [1.29, 1.82) is 0 Å². The molecule has 0 bridgehead atoms. The normalized spacial score (nSPS) is 17.0. The van der Waals surface area contributed by atoms with Crippen LogP contribution in [0, 0.1) is 6.92 Å². The number of aryl methyl sites for hydroxylation is 1. The molecular weight excluding hydrogens is 362 g/mol. The zero-order valence-electron chi connectivity index (χ0n) is 17.0. The molecule has 1 aliphatic rings. The van der Waals surface area contributed by atoms with Gasteiger partial charge in [-0.2, -0.15) is 0 Å². The van der Waals surface area contributed by atoms with Gasteiger partial charge in [-0.15, -0.1) is 0 Å². The van der Waals surface area contributed by atoms with E-state index < -0.39 is 0 Å². The Morgan fingerprint density at radius 1 is 0.966 bits per heavy atom. The van der Waals surface area contributed by atoms with Crippen LogP contribution in [0.4, 0.5) is 5.69 Å². The molecule has 29 heavy (non-hydrogen) atoms. The van der Waals surface area contributed by atoms with Gasteiger partial charge < -0.3 is 19.7 Å². The molecule has 1 fully saturated rings. The summed E-state index contributed by atoms with van der Waals surface area (Å²) < 4.78 is 11.8. The zero-order valence-corrected chi connectivity index (χ0v) is 17.0. The number of benzene rings is 2. The van der Waals surface area contributed by atoms with Crippen LogP contribution in [-0.4, -0.2) is 36.1 Å². The maximum atomic E-state index is 5.97. The van der Waals surface area contributed by atoms with Gasteiger partial charge in [-0.05, 0) is 75.8 Å². The number of pyridine rings is 1. The maximum Gasteiger partial charge on any atom is 0.222 e. The third-order valence-corrected chi connectivity index (χ3v) is 5.04. The van der Waals surface area contributed by atoms with Crippen molar-refractivity contribution >= 4 is 5.69 Å². The molecule has 0 saturated carbocycles. The van der Waals surface area contributed by atoms with E-state index in [9.17, 15) is 0 Å². The maximum absolute atomic E-state index is 5.97. The first-order valence-electron chi connectivity index (χ1n) is 10.1. The van der Waals surface area contributed by atoms with Crippen molar-refractivity contribution in [3.05, 3.63) is 72.4 Å². The Kier molecular flexibility index (Phi) is 5.96. The number of aromatic nitrogens is 1. The third-order valence-electron chi connectivity index (χ3n) is 5.04. The second-order valence-corrected chi connectivity index (χ2v) is 7.58. The number of hydrogen-bond acceptors (Lipinski definition) is 5. The Bertz CT molecular complexity index is 929. The minimum absolute atomic E-state index is 0.471. The van der Waals surface area contributed by atoms with Crippen LogP contribution in [0.5, 0.6) is 23.1 Å². The first kappa shape index (κ1) is 19.3. The van der Waals surface area contributed by atoms with Crippen molar-refractivity contribution in [2.24, 2.45) is 0 Å². The van der Waals surface area contributed by atoms with Crippen molar-refractivity contribution in [1.82, 2.24) is 9.88 Å². The number of nitrogens with zero attached hydrogens (tertiary/aromatic N) is 2. The number of likely N-dealkylation sites (N-methyl/N-ethyl adjacent to an activating group) is 1. The molecule has 5 nitrogen and oxygen atoms in total. The molecule has 1 unspecified atom stereocenters. The average Bonchev–Trinajstić information content (AvgIpc) is 2.72. The van der Waals surface area contributed by atoms with E-state index in [2.05, 4.69) is 28.3 Å². The Morgan fingerprint density at radius 2 is 1.66 bits per heavy atom. The zero-order chi connectivity index (χ0) is 20.1. The Hall–Kier alpha value is -3.05. The molecule has 1 N–H and O–H groups in total. The highest BCUT2D eigenvalue weighted by Gasteiger charge is 2.17. The van der Waals surface area contributed by atoms with Crippen molar-refractivity contribution in [3.63, 3.8) is 0 Å². The van der Waals surface area contributed by atoms with E-state index in [0.29, 0.717) is 11.9 Å². The summed E-state index contributed by atoms with van der Waals surface area (Å²) in [6, 6.07) is 19.9. The lowest BCUT2D eigenvalue weighted by Crippen LogP contribution is -2.39. The van der Waals surface area contributed by atoms with Crippen LogP contribution in [-0.2, 0) is 0 Å². The van der Waals surface area contributed by atoms with Gasteiger partial charge in [-0.1, -0.05) is 18.2 Å². The van der Waals surface area contributed by atoms with Gasteiger partial charge in [0.1, 0.15) is 17.2 Å². The SMILES string of the molecule is Cc1cc(NC2CCCN(C)C2)cnc1Oc1ccc(Oc2ccccc2)cc1. The number of rotatable bonds is 6. The Balaban J connectivity index is 1.37. The van der Waals surface area contributed by atoms with Gasteiger partial charge >= 0.3 is 0 Å². The summed E-state index contributed by atoms with van der Waals surface area (Å²) in [5.41, 5.74) is 2.05. The standard InChI is InChI=1S/C24H27N3O2/c1-18-15-20(26-19-7-6-14-27(2)17-19)16-25-24(18)29-23-12-10-22(11-13-23)28-21-8-4-3-5-9-21/h3-5,8-13,15-16,19,26H,6-7,14,17H2,1-2H3. The molecule has 4 rings (SSSR count). The highest BCUT2D eigenvalue weighted by atomic mass is 16.5. The van der Waals surface area contributed by atoms with Gasteiger partial charge in [0.15, 0.2) is 0 Å². The molecule has 0 amide bonds. The number of piperidine rings is 1. The van der Waals surface area contributed by atoms with E-state index in [1.165, 1.54) is 19.4 Å². The highest BCUT2D eigenvalue weighted by molar-refractivity contribution is 5.48. The quantitative estimate of drug-likeness (QED) is 0.605. The van der Waals surface area contributed by atoms with Crippen LogP contribution in [0.2, 0.25) is 0 Å². The van der Waals surface area contributed by atoms with E-state index in [1.807, 2.05) is 67.7 Å². The molecule has 0 spiro atoms. The third kappa shape index (κ3) is 5.27. The molecule has 2 heterocycles. The fraction of sp³-hybridized carbons (Fsp3) is 0.292. The molecule has 1 saturated heterocycles. The lowest BCUT2D eigenvalue weighted by Gasteiger charge is -2.30. The summed E-state index contributed by atoms with van der Waals surface area (Å²) in [6.07, 6.45) is 4.27. The molecule has 5 heteroatoms. The number of nitrogens with one attached hydrogen (secondary N) is 1. The summed E-state index contributed by atoms with van der Waals surface area (Å²) in [5, 5.41) is 3.60. The summed E-state index contributed by atoms with van der Waals surface area (Å²) in [7, 11) is 2.17. The lowest BCUT2D eigenvalue weighted by atomic mass is 10.1. The number of para-hydroxylation sites is 1. The largest absolute Gasteiger partial charge is 0.457 e. The molecule has 0 radical (unpaired) electrons. The molecular formula is C24H27N3O2. The Labute approximate surface area is 172 Å². The van der Waals surface area contributed by atoms with Crippen LogP contribution in [0.3, 0.4) is 0 Å². The van der Waals surface area contributed by atoms with E-state index in [1.54, 1.807) is 0 Å². The molecule has 1 aromatic heterocycles. The van der Waals surface area contributed by atoms with Gasteiger partial charge in [0.2, 0.25) is 5.88 Å². The van der Waals surface area contributed by atoms with Crippen molar-refractivity contribution in [3.8, 4) is 23.1 Å². The van der Waals surface area contributed by atoms with Gasteiger partial charge in [0.25, 0.3) is 0 Å². The first-order chi connectivity index (χ1) is 14.2. The van der Waals surface area contributed by atoms with E-state index in [0.717, 1.165) is 35.0 Å². The molecule has 3 aromatic rings. The minimum Gasteiger partial charge on any atom is -0.457 e. The van der Waals surface area contributed by atoms with E-state index in [4.69, 9.17) is 9.47 Å². The predicted molar refractivity (Wildman–Crippen MR) is 116 cm³/mol. The highest BCUT2D eigenvalue weighted by Crippen LogP contribution is 2.28. The van der Waals surface area contributed by atoms with Crippen LogP contribution in [0.15, 0.2) is 66.9 Å². The predicted octanol–water partition coefficient (Wildman–Crippen LogP) is 5.48. The number of ether oxygens (including phenoxy) is 2. The fourth-order valence-corrected chi connectivity index (χ4v) is 3.58. The van der Waals surface area contributed by atoms with Crippen molar-refractivity contribution in [2.75, 3.05) is 25.5 Å². The fourth-order valence-electron chi connectivity index (χ4n) is 3.58. The molecule has 2 aromatic carbocycles. The smallest absolute Gasteiger partial charge is 0.222 e. The van der Waals surface area contributed by atoms with Crippen LogP contribution in [0.25, 0.3) is 0 Å². The van der Waals surface area contributed by atoms with E-state index >= 15 is 0 Å². The molecule has 0 aliphatic carbocycles. The summed E-state index contributed by atoms with van der Waals surface area (Å²) in [5.74, 6) is 2.93. The summed E-state index contributed by atoms with van der Waals surface area (Å²) >= 11 is 0. The van der Waals surface area contributed by atoms with Gasteiger partial charge in [0.05, 0.1) is 11.9 Å². The van der Waals surface area contributed by atoms with Crippen LogP contribution in [0.1, 0.15) is 18.4 Å². The second-order valence-electron chi connectivity index (χ2n) is 7.58. The average molecular weight is 389 g/mol. The first-order valence-corrected chi connectivity index (χ1v) is 10.1. The Morgan fingerprint density at radius 3 is 2.34 bits per heavy atom. The van der Waals surface area contributed by atoms with Gasteiger partial charge in [0, 0.05) is 18.2 Å². The van der Waals surface area contributed by atoms with Crippen LogP contribution >= 0.6 is 0 Å².